The third-order valence-corrected chi connectivity index (χ3v) is 7.88. The van der Waals surface area contributed by atoms with Crippen molar-refractivity contribution in [3.05, 3.63) is 71.8 Å². The smallest absolute Gasteiger partial charge is 0.243 e. The van der Waals surface area contributed by atoms with Crippen molar-refractivity contribution in [3.63, 3.8) is 0 Å². The summed E-state index contributed by atoms with van der Waals surface area (Å²) in [5.41, 5.74) is 4.29. The van der Waals surface area contributed by atoms with E-state index in [1.807, 2.05) is 43.3 Å². The minimum Gasteiger partial charge on any atom is -0.252 e. The van der Waals surface area contributed by atoms with Gasteiger partial charge in [0.05, 0.1) is 16.3 Å². The summed E-state index contributed by atoms with van der Waals surface area (Å²) in [6.45, 7) is 2.47. The number of nitrogens with zero attached hydrogens (tertiary/aromatic N) is 2. The van der Waals surface area contributed by atoms with Crippen LogP contribution < -0.4 is 0 Å². The minimum atomic E-state index is -3.50. The molecule has 5 heteroatoms. The van der Waals surface area contributed by atoms with E-state index in [4.69, 9.17) is 4.99 Å². The van der Waals surface area contributed by atoms with Crippen LogP contribution in [-0.2, 0) is 15.4 Å². The molecular formula is C21H20N2O2S. The first-order chi connectivity index (χ1) is 12.5. The van der Waals surface area contributed by atoms with Crippen molar-refractivity contribution in [1.29, 1.82) is 0 Å². The molecule has 2 heterocycles. The molecule has 5 rings (SSSR count). The van der Waals surface area contributed by atoms with Crippen LogP contribution in [0.1, 0.15) is 24.0 Å². The van der Waals surface area contributed by atoms with Crippen molar-refractivity contribution in [1.82, 2.24) is 4.31 Å². The first-order valence-corrected chi connectivity index (χ1v) is 10.4. The largest absolute Gasteiger partial charge is 0.252 e. The van der Waals surface area contributed by atoms with E-state index >= 15 is 0 Å². The molecule has 26 heavy (non-hydrogen) atoms. The molecule has 3 aliphatic rings. The van der Waals surface area contributed by atoms with Crippen LogP contribution in [0.4, 0.5) is 5.69 Å². The average molecular weight is 364 g/mol. The number of benzene rings is 2. The molecule has 1 aliphatic carbocycles. The first kappa shape index (κ1) is 16.0. The molecular weight excluding hydrogens is 344 g/mol. The number of aliphatic imine (C=N–C) groups is 1. The molecule has 0 aromatic heterocycles. The van der Waals surface area contributed by atoms with Crippen LogP contribution >= 0.6 is 0 Å². The molecule has 0 N–H and O–H groups in total. The average Bonchev–Trinajstić information content (AvgIpc) is 2.95. The summed E-state index contributed by atoms with van der Waals surface area (Å²) in [5, 5.41) is 0. The first-order valence-electron chi connectivity index (χ1n) is 8.96. The number of allylic oxidation sites excluding steroid dienone is 1. The number of rotatable bonds is 2. The highest BCUT2D eigenvalue weighted by Crippen LogP contribution is 2.51. The van der Waals surface area contributed by atoms with Crippen LogP contribution in [0.25, 0.3) is 0 Å². The highest BCUT2D eigenvalue weighted by molar-refractivity contribution is 7.89. The lowest BCUT2D eigenvalue weighted by Crippen LogP contribution is -2.54. The topological polar surface area (TPSA) is 49.7 Å². The molecule has 0 saturated carbocycles. The summed E-state index contributed by atoms with van der Waals surface area (Å²) < 4.78 is 28.1. The molecule has 0 amide bonds. The van der Waals surface area contributed by atoms with Gasteiger partial charge in [0.25, 0.3) is 0 Å². The quantitative estimate of drug-likeness (QED) is 0.815. The van der Waals surface area contributed by atoms with E-state index in [1.165, 1.54) is 5.56 Å². The van der Waals surface area contributed by atoms with Gasteiger partial charge in [0, 0.05) is 18.0 Å². The molecule has 1 spiro atoms. The Balaban J connectivity index is 1.54. The zero-order valence-electron chi connectivity index (χ0n) is 14.6. The van der Waals surface area contributed by atoms with Crippen LogP contribution in [0.15, 0.2) is 70.6 Å². The Bertz CT molecular complexity index is 1050. The fourth-order valence-corrected chi connectivity index (χ4v) is 6.15. The third-order valence-electron chi connectivity index (χ3n) is 5.94. The van der Waals surface area contributed by atoms with Gasteiger partial charge in [0.1, 0.15) is 0 Å². The predicted octanol–water partition coefficient (Wildman–Crippen LogP) is 3.74. The summed E-state index contributed by atoms with van der Waals surface area (Å²) in [7, 11) is -3.50. The molecule has 0 unspecified atom stereocenters. The lowest BCUT2D eigenvalue weighted by molar-refractivity contribution is 0.236. The van der Waals surface area contributed by atoms with E-state index in [-0.39, 0.29) is 11.5 Å². The van der Waals surface area contributed by atoms with Gasteiger partial charge in [-0.15, -0.1) is 0 Å². The molecule has 2 aromatic rings. The molecule has 2 aliphatic heterocycles. The Hall–Kier alpha value is -2.24. The Morgan fingerprint density at radius 1 is 1.12 bits per heavy atom. The Labute approximate surface area is 153 Å². The lowest BCUT2D eigenvalue weighted by Gasteiger charge is -2.46. The number of hydrogen-bond donors (Lipinski definition) is 0. The van der Waals surface area contributed by atoms with Gasteiger partial charge in [-0.2, -0.15) is 4.31 Å². The monoisotopic (exact) mass is 364 g/mol. The summed E-state index contributed by atoms with van der Waals surface area (Å²) in [4.78, 5) is 5.18. The van der Waals surface area contributed by atoms with Gasteiger partial charge in [0.15, 0.2) is 0 Å². The summed E-state index contributed by atoms with van der Waals surface area (Å²) in [6.07, 6.45) is 5.58. The van der Waals surface area contributed by atoms with Gasteiger partial charge < -0.3 is 0 Å². The maximum absolute atomic E-state index is 13.2. The van der Waals surface area contributed by atoms with Gasteiger partial charge in [-0.1, -0.05) is 42.0 Å². The van der Waals surface area contributed by atoms with Gasteiger partial charge in [-0.05, 0) is 49.6 Å². The Morgan fingerprint density at radius 2 is 1.88 bits per heavy atom. The molecule has 2 atom stereocenters. The molecule has 0 radical (unpaired) electrons. The fourth-order valence-electron chi connectivity index (χ4n) is 4.56. The molecule has 132 valence electrons. The Morgan fingerprint density at radius 3 is 2.69 bits per heavy atom. The van der Waals surface area contributed by atoms with Crippen LogP contribution in [-0.4, -0.2) is 31.0 Å². The van der Waals surface area contributed by atoms with E-state index < -0.39 is 10.0 Å². The molecule has 1 saturated heterocycles. The van der Waals surface area contributed by atoms with Crippen molar-refractivity contribution in [2.45, 2.75) is 36.1 Å². The molecule has 1 fully saturated rings. The predicted molar refractivity (Wildman–Crippen MR) is 102 cm³/mol. The summed E-state index contributed by atoms with van der Waals surface area (Å²) >= 11 is 0. The van der Waals surface area contributed by atoms with Gasteiger partial charge >= 0.3 is 0 Å². The lowest BCUT2D eigenvalue weighted by atomic mass is 9.66. The van der Waals surface area contributed by atoms with Crippen molar-refractivity contribution >= 4 is 21.4 Å². The number of fused-ring (bicyclic) bond motifs is 2. The van der Waals surface area contributed by atoms with Crippen molar-refractivity contribution in [3.8, 4) is 0 Å². The number of hydrogen-bond acceptors (Lipinski definition) is 3. The summed E-state index contributed by atoms with van der Waals surface area (Å²) in [5.74, 6) is 0. The van der Waals surface area contributed by atoms with Gasteiger partial charge in [-0.3, -0.25) is 4.99 Å². The fraction of sp³-hybridized carbons (Fsp3) is 0.286. The van der Waals surface area contributed by atoms with Crippen molar-refractivity contribution in [2.75, 3.05) is 6.54 Å². The normalized spacial score (nSPS) is 27.0. The van der Waals surface area contributed by atoms with Crippen LogP contribution in [0.2, 0.25) is 0 Å². The van der Waals surface area contributed by atoms with Crippen LogP contribution in [0.3, 0.4) is 0 Å². The Kier molecular flexibility index (Phi) is 3.30. The van der Waals surface area contributed by atoms with E-state index in [0.29, 0.717) is 11.4 Å². The second-order valence-electron chi connectivity index (χ2n) is 7.41. The zero-order valence-corrected chi connectivity index (χ0v) is 15.4. The second kappa shape index (κ2) is 5.38. The van der Waals surface area contributed by atoms with Gasteiger partial charge in [0.2, 0.25) is 10.0 Å². The minimum absolute atomic E-state index is 0.125. The number of aryl methyl sites for hydroxylation is 1. The van der Waals surface area contributed by atoms with E-state index in [2.05, 4.69) is 12.1 Å². The third kappa shape index (κ3) is 2.10. The highest BCUT2D eigenvalue weighted by Gasteiger charge is 2.51. The van der Waals surface area contributed by atoms with E-state index in [1.54, 1.807) is 16.4 Å². The number of sulfonamides is 1. The molecule has 2 aromatic carbocycles. The van der Waals surface area contributed by atoms with E-state index in [9.17, 15) is 8.42 Å². The zero-order chi connectivity index (χ0) is 17.9. The molecule has 2 bridgehead atoms. The maximum Gasteiger partial charge on any atom is 0.243 e. The maximum atomic E-state index is 13.2. The van der Waals surface area contributed by atoms with Crippen molar-refractivity contribution < 1.29 is 8.42 Å². The van der Waals surface area contributed by atoms with Crippen molar-refractivity contribution in [2.24, 2.45) is 4.99 Å². The molecule has 4 nitrogen and oxygen atoms in total. The number of para-hydroxylation sites is 1. The number of piperidine rings is 1. The highest BCUT2D eigenvalue weighted by atomic mass is 32.2. The summed E-state index contributed by atoms with van der Waals surface area (Å²) in [6, 6.07) is 15.3. The van der Waals surface area contributed by atoms with Crippen LogP contribution in [0, 0.1) is 6.92 Å². The SMILES string of the molecule is Cc1ccc(S(=O)(=O)N2CC[C@]34C[C@H]2C=CC3=Nc2ccccc24)cc1. The standard InChI is InChI=1S/C21H20N2O2S/c1-15-6-9-17(10-7-15)26(24,25)23-13-12-21-14-16(23)8-11-20(21)22-19-5-3-2-4-18(19)21/h2-11,16H,12-14H2,1H3/t16-,21-/m1/s1. The second-order valence-corrected chi connectivity index (χ2v) is 9.30. The van der Waals surface area contributed by atoms with Gasteiger partial charge in [-0.25, -0.2) is 8.42 Å². The van der Waals surface area contributed by atoms with Crippen LogP contribution in [0.5, 0.6) is 0 Å². The van der Waals surface area contributed by atoms with E-state index in [0.717, 1.165) is 29.8 Å².